The summed E-state index contributed by atoms with van der Waals surface area (Å²) in [6.45, 7) is 1.93. The molecule has 0 N–H and O–H groups in total. The third-order valence-electron chi connectivity index (χ3n) is 4.07. The molecule has 7 nitrogen and oxygen atoms in total. The van der Waals surface area contributed by atoms with Crippen molar-refractivity contribution in [3.63, 3.8) is 0 Å². The standard InChI is InChI=1S/C20H19ClN2O5S/c1-4-28-18(24)11-23-15-8-5-12(21)9-17(15)29-20(23)22-19(25)14-7-6-13(26-2)10-16(14)27-3/h5-10H,4,11H2,1-3H3. The number of rotatable bonds is 6. The van der Waals surface area contributed by atoms with Gasteiger partial charge in [-0.25, -0.2) is 0 Å². The molecule has 0 unspecified atom stereocenters. The van der Waals surface area contributed by atoms with Crippen LogP contribution in [0.15, 0.2) is 41.4 Å². The Bertz CT molecular complexity index is 1140. The second-order valence-electron chi connectivity index (χ2n) is 5.87. The van der Waals surface area contributed by atoms with Crippen molar-refractivity contribution in [3.8, 4) is 11.5 Å². The van der Waals surface area contributed by atoms with E-state index in [-0.39, 0.29) is 18.7 Å². The summed E-state index contributed by atoms with van der Waals surface area (Å²) in [5.74, 6) is -0.00989. The molecule has 3 aromatic rings. The second-order valence-corrected chi connectivity index (χ2v) is 7.32. The van der Waals surface area contributed by atoms with Crippen molar-refractivity contribution in [1.82, 2.24) is 4.57 Å². The molecular weight excluding hydrogens is 416 g/mol. The molecule has 0 radical (unpaired) electrons. The summed E-state index contributed by atoms with van der Waals surface area (Å²) >= 11 is 7.35. The van der Waals surface area contributed by atoms with Gasteiger partial charge in [0, 0.05) is 11.1 Å². The minimum atomic E-state index is -0.500. The molecule has 0 atom stereocenters. The highest BCUT2D eigenvalue weighted by molar-refractivity contribution is 7.16. The van der Waals surface area contributed by atoms with Crippen molar-refractivity contribution < 1.29 is 23.8 Å². The maximum Gasteiger partial charge on any atom is 0.326 e. The molecule has 0 saturated carbocycles. The van der Waals surface area contributed by atoms with Gasteiger partial charge in [-0.3, -0.25) is 9.59 Å². The van der Waals surface area contributed by atoms with E-state index in [0.717, 1.165) is 10.2 Å². The van der Waals surface area contributed by atoms with Crippen LogP contribution in [0.1, 0.15) is 17.3 Å². The lowest BCUT2D eigenvalue weighted by Crippen LogP contribution is -2.23. The highest BCUT2D eigenvalue weighted by atomic mass is 35.5. The van der Waals surface area contributed by atoms with Crippen LogP contribution in [0.2, 0.25) is 5.02 Å². The molecule has 1 heterocycles. The molecule has 0 bridgehead atoms. The molecule has 0 fully saturated rings. The van der Waals surface area contributed by atoms with E-state index in [0.29, 0.717) is 21.3 Å². The van der Waals surface area contributed by atoms with E-state index in [1.54, 1.807) is 47.9 Å². The smallest absolute Gasteiger partial charge is 0.326 e. The lowest BCUT2D eigenvalue weighted by Gasteiger charge is -2.08. The van der Waals surface area contributed by atoms with Crippen LogP contribution in [-0.4, -0.2) is 37.3 Å². The number of carbonyl (C=O) groups is 2. The number of nitrogens with zero attached hydrogens (tertiary/aromatic N) is 2. The Morgan fingerprint density at radius 3 is 2.62 bits per heavy atom. The van der Waals surface area contributed by atoms with Gasteiger partial charge in [0.15, 0.2) is 4.80 Å². The number of amides is 1. The van der Waals surface area contributed by atoms with Gasteiger partial charge in [0.05, 0.1) is 36.6 Å². The molecule has 29 heavy (non-hydrogen) atoms. The Labute approximate surface area is 176 Å². The van der Waals surface area contributed by atoms with E-state index in [4.69, 9.17) is 25.8 Å². The highest BCUT2D eigenvalue weighted by Gasteiger charge is 2.16. The van der Waals surface area contributed by atoms with Crippen LogP contribution in [0.4, 0.5) is 0 Å². The van der Waals surface area contributed by atoms with Crippen LogP contribution in [0.25, 0.3) is 10.2 Å². The van der Waals surface area contributed by atoms with Crippen LogP contribution in [-0.2, 0) is 16.1 Å². The number of hydrogen-bond donors (Lipinski definition) is 0. The third-order valence-corrected chi connectivity index (χ3v) is 5.35. The molecule has 9 heteroatoms. The van der Waals surface area contributed by atoms with Gasteiger partial charge in [0.25, 0.3) is 5.91 Å². The van der Waals surface area contributed by atoms with Gasteiger partial charge in [-0.05, 0) is 37.3 Å². The van der Waals surface area contributed by atoms with Gasteiger partial charge in [0.1, 0.15) is 18.0 Å². The highest BCUT2D eigenvalue weighted by Crippen LogP contribution is 2.26. The Kier molecular flexibility index (Phi) is 6.56. The first kappa shape index (κ1) is 20.9. The number of thiazole rings is 1. The minimum absolute atomic E-state index is 0.0681. The topological polar surface area (TPSA) is 79.1 Å². The second kappa shape index (κ2) is 9.11. The normalized spacial score (nSPS) is 11.5. The first-order valence-corrected chi connectivity index (χ1v) is 9.91. The Hall–Kier alpha value is -2.84. The quantitative estimate of drug-likeness (QED) is 0.553. The van der Waals surface area contributed by atoms with Gasteiger partial charge >= 0.3 is 5.97 Å². The number of hydrogen-bond acceptors (Lipinski definition) is 6. The summed E-state index contributed by atoms with van der Waals surface area (Å²) in [5, 5.41) is 0.553. The van der Waals surface area contributed by atoms with Gasteiger partial charge in [-0.15, -0.1) is 0 Å². The molecule has 2 aromatic carbocycles. The number of methoxy groups -OCH3 is 2. The molecule has 1 amide bonds. The van der Waals surface area contributed by atoms with Crippen molar-refractivity contribution >= 4 is 45.0 Å². The van der Waals surface area contributed by atoms with Crippen LogP contribution in [0, 0.1) is 0 Å². The molecule has 0 spiro atoms. The summed E-state index contributed by atoms with van der Waals surface area (Å²) in [6, 6.07) is 10.1. The van der Waals surface area contributed by atoms with Crippen LogP contribution in [0.3, 0.4) is 0 Å². The van der Waals surface area contributed by atoms with E-state index >= 15 is 0 Å². The summed E-state index contributed by atoms with van der Waals surface area (Å²) in [4.78, 5) is 29.5. The SMILES string of the molecule is CCOC(=O)Cn1c(=NC(=O)c2ccc(OC)cc2OC)sc2cc(Cl)ccc21. The number of ether oxygens (including phenoxy) is 3. The number of fused-ring (bicyclic) bond motifs is 1. The zero-order valence-electron chi connectivity index (χ0n) is 16.1. The summed E-state index contributed by atoms with van der Waals surface area (Å²) in [6.07, 6.45) is 0. The molecule has 0 aliphatic carbocycles. The van der Waals surface area contributed by atoms with E-state index in [9.17, 15) is 9.59 Å². The van der Waals surface area contributed by atoms with E-state index < -0.39 is 11.9 Å². The van der Waals surface area contributed by atoms with Crippen molar-refractivity contribution in [1.29, 1.82) is 0 Å². The largest absolute Gasteiger partial charge is 0.497 e. The van der Waals surface area contributed by atoms with Gasteiger partial charge in [-0.2, -0.15) is 4.99 Å². The predicted octanol–water partition coefficient (Wildman–Crippen LogP) is 3.68. The number of aromatic nitrogens is 1. The average molecular weight is 435 g/mol. The van der Waals surface area contributed by atoms with Crippen LogP contribution >= 0.6 is 22.9 Å². The number of halogens is 1. The number of benzene rings is 2. The zero-order chi connectivity index (χ0) is 21.0. The molecular formula is C20H19ClN2O5S. The van der Waals surface area contributed by atoms with Gasteiger partial charge in [-0.1, -0.05) is 22.9 Å². The predicted molar refractivity (Wildman–Crippen MR) is 111 cm³/mol. The van der Waals surface area contributed by atoms with Crippen molar-refractivity contribution in [3.05, 3.63) is 51.8 Å². The number of esters is 1. The van der Waals surface area contributed by atoms with Gasteiger partial charge in [0.2, 0.25) is 0 Å². The molecule has 0 aliphatic heterocycles. The number of carbonyl (C=O) groups excluding carboxylic acids is 2. The van der Waals surface area contributed by atoms with Crippen LogP contribution in [0.5, 0.6) is 11.5 Å². The van der Waals surface area contributed by atoms with Crippen molar-refractivity contribution in [2.45, 2.75) is 13.5 Å². The van der Waals surface area contributed by atoms with Crippen molar-refractivity contribution in [2.24, 2.45) is 4.99 Å². The van der Waals surface area contributed by atoms with E-state index in [1.807, 2.05) is 0 Å². The molecule has 0 saturated heterocycles. The fourth-order valence-corrected chi connectivity index (χ4v) is 4.05. The summed E-state index contributed by atoms with van der Waals surface area (Å²) < 4.78 is 17.9. The van der Waals surface area contributed by atoms with Crippen LogP contribution < -0.4 is 14.3 Å². The Balaban J connectivity index is 2.11. The Morgan fingerprint density at radius 2 is 1.93 bits per heavy atom. The minimum Gasteiger partial charge on any atom is -0.497 e. The van der Waals surface area contributed by atoms with E-state index in [1.165, 1.54) is 25.6 Å². The Morgan fingerprint density at radius 1 is 1.14 bits per heavy atom. The summed E-state index contributed by atoms with van der Waals surface area (Å²) in [7, 11) is 3.00. The molecule has 152 valence electrons. The zero-order valence-corrected chi connectivity index (χ0v) is 17.7. The van der Waals surface area contributed by atoms with E-state index in [2.05, 4.69) is 4.99 Å². The van der Waals surface area contributed by atoms with Crippen molar-refractivity contribution in [2.75, 3.05) is 20.8 Å². The first-order valence-electron chi connectivity index (χ1n) is 8.72. The average Bonchev–Trinajstić information content (AvgIpc) is 3.03. The molecule has 1 aromatic heterocycles. The lowest BCUT2D eigenvalue weighted by molar-refractivity contribution is -0.143. The first-order chi connectivity index (χ1) is 14.0. The summed E-state index contributed by atoms with van der Waals surface area (Å²) in [5.41, 5.74) is 1.02. The fraction of sp³-hybridized carbons (Fsp3) is 0.250. The lowest BCUT2D eigenvalue weighted by atomic mass is 10.2. The molecule has 3 rings (SSSR count). The maximum absolute atomic E-state index is 12.9. The fourth-order valence-electron chi connectivity index (χ4n) is 2.74. The van der Waals surface area contributed by atoms with Gasteiger partial charge < -0.3 is 18.8 Å². The molecule has 0 aliphatic rings. The third kappa shape index (κ3) is 4.60. The monoisotopic (exact) mass is 434 g/mol. The maximum atomic E-state index is 12.9.